The van der Waals surface area contributed by atoms with Crippen molar-refractivity contribution in [3.05, 3.63) is 47.7 Å². The highest BCUT2D eigenvalue weighted by molar-refractivity contribution is 6.06. The van der Waals surface area contributed by atoms with Gasteiger partial charge in [-0.1, -0.05) is 6.07 Å². The lowest BCUT2D eigenvalue weighted by molar-refractivity contribution is 0.102. The van der Waals surface area contributed by atoms with Gasteiger partial charge in [-0.2, -0.15) is 0 Å². The number of ether oxygens (including phenoxy) is 1. The molecule has 0 atom stereocenters. The van der Waals surface area contributed by atoms with Crippen molar-refractivity contribution < 1.29 is 14.6 Å². The van der Waals surface area contributed by atoms with Crippen LogP contribution in [0.3, 0.4) is 0 Å². The number of aromatic nitrogens is 1. The minimum atomic E-state index is -0.335. The van der Waals surface area contributed by atoms with E-state index in [9.17, 15) is 9.90 Å². The third-order valence-corrected chi connectivity index (χ3v) is 2.76. The van der Waals surface area contributed by atoms with Crippen LogP contribution in [0.1, 0.15) is 15.9 Å². The fourth-order valence-corrected chi connectivity index (χ4v) is 1.67. The van der Waals surface area contributed by atoms with Crippen molar-refractivity contribution in [3.8, 4) is 11.6 Å². The average molecular weight is 258 g/mol. The van der Waals surface area contributed by atoms with Crippen molar-refractivity contribution in [1.82, 2.24) is 4.98 Å². The van der Waals surface area contributed by atoms with Gasteiger partial charge in [0, 0.05) is 17.4 Å². The van der Waals surface area contributed by atoms with Gasteiger partial charge in [-0.25, -0.2) is 4.98 Å². The lowest BCUT2D eigenvalue weighted by Gasteiger charge is -2.10. The summed E-state index contributed by atoms with van der Waals surface area (Å²) < 4.78 is 5.04. The van der Waals surface area contributed by atoms with Gasteiger partial charge < -0.3 is 15.2 Å². The molecule has 98 valence electrons. The summed E-state index contributed by atoms with van der Waals surface area (Å²) in [5, 5.41) is 12.3. The molecule has 0 fully saturated rings. The van der Waals surface area contributed by atoms with Crippen molar-refractivity contribution in [2.24, 2.45) is 0 Å². The number of nitrogens with zero attached hydrogens (tertiary/aromatic N) is 1. The quantitative estimate of drug-likeness (QED) is 0.886. The van der Waals surface area contributed by atoms with Crippen molar-refractivity contribution >= 4 is 11.6 Å². The molecule has 0 saturated heterocycles. The molecule has 1 aromatic carbocycles. The third kappa shape index (κ3) is 2.65. The number of carbonyl (C=O) groups excluding carboxylic acids is 1. The van der Waals surface area contributed by atoms with E-state index in [-0.39, 0.29) is 17.5 Å². The highest BCUT2D eigenvalue weighted by Crippen LogP contribution is 2.25. The van der Waals surface area contributed by atoms with E-state index in [1.807, 2.05) is 0 Å². The van der Waals surface area contributed by atoms with Crippen molar-refractivity contribution in [2.45, 2.75) is 6.92 Å². The largest absolute Gasteiger partial charge is 0.508 e. The number of methoxy groups -OCH3 is 1. The molecule has 0 unspecified atom stereocenters. The standard InChI is InChI=1S/C14H14N2O3/c1-9-11(6-3-7-12(9)17)16-13(18)10-5-4-8-15-14(10)19-2/h3-8,17H,1-2H3,(H,16,18). The van der Waals surface area contributed by atoms with Gasteiger partial charge in [0.25, 0.3) is 5.91 Å². The Labute approximate surface area is 110 Å². The van der Waals surface area contributed by atoms with Gasteiger partial charge in [0.1, 0.15) is 11.3 Å². The summed E-state index contributed by atoms with van der Waals surface area (Å²) >= 11 is 0. The Hall–Kier alpha value is -2.56. The number of rotatable bonds is 3. The first-order valence-electron chi connectivity index (χ1n) is 5.72. The van der Waals surface area contributed by atoms with Crippen LogP contribution >= 0.6 is 0 Å². The van der Waals surface area contributed by atoms with Crippen LogP contribution < -0.4 is 10.1 Å². The van der Waals surface area contributed by atoms with Crippen LogP contribution in [0.2, 0.25) is 0 Å². The second kappa shape index (κ2) is 5.39. The molecule has 0 radical (unpaired) electrons. The molecule has 5 heteroatoms. The zero-order valence-corrected chi connectivity index (χ0v) is 10.7. The fourth-order valence-electron chi connectivity index (χ4n) is 1.67. The lowest BCUT2D eigenvalue weighted by atomic mass is 10.1. The molecule has 0 bridgehead atoms. The smallest absolute Gasteiger partial charge is 0.261 e. The van der Waals surface area contributed by atoms with Gasteiger partial charge >= 0.3 is 0 Å². The molecular weight excluding hydrogens is 244 g/mol. The van der Waals surface area contributed by atoms with E-state index in [2.05, 4.69) is 10.3 Å². The Kier molecular flexibility index (Phi) is 3.66. The van der Waals surface area contributed by atoms with Crippen LogP contribution in [0.25, 0.3) is 0 Å². The second-order valence-corrected chi connectivity index (χ2v) is 3.96. The first kappa shape index (κ1) is 12.9. The lowest BCUT2D eigenvalue weighted by Crippen LogP contribution is -2.14. The molecule has 0 saturated carbocycles. The number of nitrogens with one attached hydrogen (secondary N) is 1. The normalized spacial score (nSPS) is 10.0. The van der Waals surface area contributed by atoms with Gasteiger partial charge in [0.15, 0.2) is 0 Å². The molecule has 2 aromatic rings. The van der Waals surface area contributed by atoms with E-state index in [0.29, 0.717) is 16.8 Å². The monoisotopic (exact) mass is 258 g/mol. The van der Waals surface area contributed by atoms with Crippen LogP contribution in [0.15, 0.2) is 36.5 Å². The van der Waals surface area contributed by atoms with Crippen LogP contribution in [0.5, 0.6) is 11.6 Å². The molecule has 1 aromatic heterocycles. The number of anilines is 1. The Morgan fingerprint density at radius 1 is 1.32 bits per heavy atom. The summed E-state index contributed by atoms with van der Waals surface area (Å²) in [5.41, 5.74) is 1.50. The molecule has 0 aliphatic rings. The van der Waals surface area contributed by atoms with Gasteiger partial charge in [-0.15, -0.1) is 0 Å². The van der Waals surface area contributed by atoms with E-state index in [4.69, 9.17) is 4.74 Å². The Morgan fingerprint density at radius 3 is 2.84 bits per heavy atom. The number of hydrogen-bond donors (Lipinski definition) is 2. The summed E-state index contributed by atoms with van der Waals surface area (Å²) in [6.07, 6.45) is 1.55. The van der Waals surface area contributed by atoms with Crippen LogP contribution in [0, 0.1) is 6.92 Å². The van der Waals surface area contributed by atoms with Crippen molar-refractivity contribution in [1.29, 1.82) is 0 Å². The topological polar surface area (TPSA) is 71.5 Å². The number of phenols is 1. The predicted molar refractivity (Wildman–Crippen MR) is 71.6 cm³/mol. The number of hydrogen-bond acceptors (Lipinski definition) is 4. The summed E-state index contributed by atoms with van der Waals surface area (Å²) in [4.78, 5) is 16.1. The zero-order chi connectivity index (χ0) is 13.8. The van der Waals surface area contributed by atoms with Crippen molar-refractivity contribution in [3.63, 3.8) is 0 Å². The summed E-state index contributed by atoms with van der Waals surface area (Å²) in [6, 6.07) is 8.23. The molecule has 5 nitrogen and oxygen atoms in total. The molecular formula is C14H14N2O3. The molecule has 19 heavy (non-hydrogen) atoms. The van der Waals surface area contributed by atoms with Crippen molar-refractivity contribution in [2.75, 3.05) is 12.4 Å². The van der Waals surface area contributed by atoms with E-state index in [1.165, 1.54) is 7.11 Å². The van der Waals surface area contributed by atoms with Gasteiger partial charge in [0.2, 0.25) is 5.88 Å². The Morgan fingerprint density at radius 2 is 2.11 bits per heavy atom. The minimum Gasteiger partial charge on any atom is -0.508 e. The summed E-state index contributed by atoms with van der Waals surface area (Å²) in [6.45, 7) is 1.73. The highest BCUT2D eigenvalue weighted by Gasteiger charge is 2.14. The van der Waals surface area contributed by atoms with Crippen LogP contribution in [-0.4, -0.2) is 23.1 Å². The molecule has 1 heterocycles. The Balaban J connectivity index is 2.28. The first-order valence-corrected chi connectivity index (χ1v) is 5.72. The van der Waals surface area contributed by atoms with E-state index < -0.39 is 0 Å². The number of phenolic OH excluding ortho intramolecular Hbond substituents is 1. The predicted octanol–water partition coefficient (Wildman–Crippen LogP) is 2.36. The summed E-state index contributed by atoms with van der Waals surface area (Å²) in [5.74, 6) is 0.0624. The van der Waals surface area contributed by atoms with E-state index in [0.717, 1.165) is 0 Å². The second-order valence-electron chi connectivity index (χ2n) is 3.96. The zero-order valence-electron chi connectivity index (χ0n) is 10.7. The molecule has 1 amide bonds. The maximum absolute atomic E-state index is 12.1. The van der Waals surface area contributed by atoms with E-state index in [1.54, 1.807) is 43.5 Å². The van der Waals surface area contributed by atoms with Crippen LogP contribution in [0.4, 0.5) is 5.69 Å². The molecule has 0 aliphatic heterocycles. The highest BCUT2D eigenvalue weighted by atomic mass is 16.5. The first-order chi connectivity index (χ1) is 9.13. The minimum absolute atomic E-state index is 0.135. The molecule has 2 rings (SSSR count). The van der Waals surface area contributed by atoms with Gasteiger partial charge in [-0.05, 0) is 31.2 Å². The van der Waals surface area contributed by atoms with Crippen LogP contribution in [-0.2, 0) is 0 Å². The van der Waals surface area contributed by atoms with Gasteiger partial charge in [0.05, 0.1) is 7.11 Å². The maximum atomic E-state index is 12.1. The average Bonchev–Trinajstić information content (AvgIpc) is 2.43. The number of pyridine rings is 1. The number of aromatic hydroxyl groups is 1. The molecule has 0 spiro atoms. The Bertz CT molecular complexity index is 611. The molecule has 0 aliphatic carbocycles. The summed E-state index contributed by atoms with van der Waals surface area (Å²) in [7, 11) is 1.46. The van der Waals surface area contributed by atoms with Gasteiger partial charge in [-0.3, -0.25) is 4.79 Å². The number of benzene rings is 1. The van der Waals surface area contributed by atoms with E-state index >= 15 is 0 Å². The number of amides is 1. The SMILES string of the molecule is COc1ncccc1C(=O)Nc1cccc(O)c1C. The third-order valence-electron chi connectivity index (χ3n) is 2.76. The maximum Gasteiger partial charge on any atom is 0.261 e. The fraction of sp³-hybridized carbons (Fsp3) is 0.143. The number of carbonyl (C=O) groups is 1. The molecule has 2 N–H and O–H groups in total.